The summed E-state index contributed by atoms with van der Waals surface area (Å²) < 4.78 is 49.6. The van der Waals surface area contributed by atoms with Crippen LogP contribution in [0.25, 0.3) is 5.69 Å². The van der Waals surface area contributed by atoms with Crippen molar-refractivity contribution >= 4 is 17.5 Å². The number of ether oxygens (including phenoxy) is 1. The molecule has 2 saturated heterocycles. The largest absolute Gasteiger partial charge is 0.488 e. The molecule has 0 amide bonds. The molecule has 204 valence electrons. The summed E-state index contributed by atoms with van der Waals surface area (Å²) in [4.78, 5) is 23.2. The first kappa shape index (κ1) is 25.9. The van der Waals surface area contributed by atoms with Gasteiger partial charge < -0.3 is 15.4 Å². The number of hydrogen-bond acceptors (Lipinski definition) is 9. The smallest absolute Gasteiger partial charge is 0.368 e. The topological polar surface area (TPSA) is 115 Å². The molecule has 2 aliphatic rings. The summed E-state index contributed by atoms with van der Waals surface area (Å²) in [5.74, 6) is -1.54. The van der Waals surface area contributed by atoms with Gasteiger partial charge in [-0.05, 0) is 62.6 Å². The highest BCUT2D eigenvalue weighted by Gasteiger charge is 2.43. The van der Waals surface area contributed by atoms with Crippen LogP contribution < -0.4 is 21.1 Å². The van der Waals surface area contributed by atoms with Gasteiger partial charge in [0, 0.05) is 30.7 Å². The van der Waals surface area contributed by atoms with Gasteiger partial charge in [0.05, 0.1) is 11.9 Å². The number of piperidine rings is 1. The molecule has 0 aliphatic carbocycles. The van der Waals surface area contributed by atoms with E-state index in [0.717, 1.165) is 53.9 Å². The Hall–Kier alpha value is -3.68. The normalized spacial score (nSPS) is 20.8. The number of aryl methyl sites for hydroxylation is 1. The van der Waals surface area contributed by atoms with Gasteiger partial charge in [-0.2, -0.15) is 14.3 Å². The summed E-state index contributed by atoms with van der Waals surface area (Å²) in [6.45, 7) is 4.32. The summed E-state index contributed by atoms with van der Waals surface area (Å²) in [6.07, 6.45) is 4.98. The monoisotopic (exact) mass is 533 g/mol. The molecular formula is C24H30F3N9O2. The number of anilines is 3. The first-order valence-corrected chi connectivity index (χ1v) is 12.5. The van der Waals surface area contributed by atoms with Gasteiger partial charge in [0.25, 0.3) is 0 Å². The number of nitrogens with zero attached hydrogens (tertiary/aromatic N) is 7. The van der Waals surface area contributed by atoms with E-state index < -0.39 is 24.0 Å². The number of nitrogens with one attached hydrogen (secondary N) is 2. The Balaban J connectivity index is 1.41. The van der Waals surface area contributed by atoms with Crippen molar-refractivity contribution in [2.24, 2.45) is 7.05 Å². The molecule has 1 aromatic carbocycles. The number of alkyl halides is 1. The van der Waals surface area contributed by atoms with E-state index in [2.05, 4.69) is 49.8 Å². The molecule has 3 aromatic rings. The highest BCUT2D eigenvalue weighted by atomic mass is 19.1. The van der Waals surface area contributed by atoms with E-state index in [1.54, 1.807) is 0 Å². The molecular weight excluding hydrogens is 503 g/mol. The summed E-state index contributed by atoms with van der Waals surface area (Å²) in [5, 5.41) is 13.4. The van der Waals surface area contributed by atoms with Crippen molar-refractivity contribution in [2.75, 3.05) is 30.5 Å². The summed E-state index contributed by atoms with van der Waals surface area (Å²) >= 11 is 0. The van der Waals surface area contributed by atoms with Crippen LogP contribution in [0.1, 0.15) is 39.5 Å². The molecule has 2 aromatic heterocycles. The van der Waals surface area contributed by atoms with Crippen molar-refractivity contribution in [1.82, 2.24) is 34.7 Å². The molecule has 2 N–H and O–H groups in total. The Morgan fingerprint density at radius 2 is 2.03 bits per heavy atom. The van der Waals surface area contributed by atoms with Crippen molar-refractivity contribution in [3.63, 3.8) is 0 Å². The van der Waals surface area contributed by atoms with Gasteiger partial charge in [0.1, 0.15) is 24.7 Å². The lowest BCUT2D eigenvalue weighted by molar-refractivity contribution is 0.0500. The number of aromatic nitrogens is 6. The highest BCUT2D eigenvalue weighted by Crippen LogP contribution is 2.38. The minimum atomic E-state index is -0.813. The third kappa shape index (κ3) is 5.04. The lowest BCUT2D eigenvalue weighted by atomic mass is 9.84. The average molecular weight is 534 g/mol. The zero-order valence-electron chi connectivity index (χ0n) is 21.4. The number of rotatable bonds is 8. The predicted octanol–water partition coefficient (Wildman–Crippen LogP) is 2.94. The van der Waals surface area contributed by atoms with E-state index in [1.807, 2.05) is 0 Å². The quantitative estimate of drug-likeness (QED) is 0.451. The Kier molecular flexibility index (Phi) is 6.99. The second kappa shape index (κ2) is 10.2. The Morgan fingerprint density at radius 1 is 1.21 bits per heavy atom. The van der Waals surface area contributed by atoms with Crippen LogP contribution in [0.5, 0.6) is 5.75 Å². The number of hydrogen-bond donors (Lipinski definition) is 2. The minimum Gasteiger partial charge on any atom is -0.488 e. The molecule has 0 unspecified atom stereocenters. The second-order valence-corrected chi connectivity index (χ2v) is 10.2. The molecule has 0 saturated carbocycles. The molecule has 14 heteroatoms. The SMILES string of the molecule is Cn1nnn(-c2cc(Nc3ncc(F)c(N[C@@H]4C[C@@H]5CCCN5C(C)(C)C4)n3)c(F)cc2OCCF)c1=O. The molecule has 0 radical (unpaired) electrons. The van der Waals surface area contributed by atoms with E-state index in [1.165, 1.54) is 13.1 Å². The van der Waals surface area contributed by atoms with Crippen molar-refractivity contribution in [1.29, 1.82) is 0 Å². The van der Waals surface area contributed by atoms with E-state index in [0.29, 0.717) is 6.04 Å². The van der Waals surface area contributed by atoms with Crippen molar-refractivity contribution < 1.29 is 17.9 Å². The zero-order valence-corrected chi connectivity index (χ0v) is 21.4. The lowest BCUT2D eigenvalue weighted by Crippen LogP contribution is -2.55. The fraction of sp³-hybridized carbons (Fsp3) is 0.542. The van der Waals surface area contributed by atoms with E-state index >= 15 is 4.39 Å². The predicted molar refractivity (Wildman–Crippen MR) is 134 cm³/mol. The number of tetrazole rings is 1. The summed E-state index contributed by atoms with van der Waals surface area (Å²) in [7, 11) is 1.40. The van der Waals surface area contributed by atoms with E-state index in [4.69, 9.17) is 4.74 Å². The first-order valence-electron chi connectivity index (χ1n) is 12.5. The van der Waals surface area contributed by atoms with E-state index in [-0.39, 0.29) is 47.1 Å². The number of halogens is 3. The average Bonchev–Trinajstić information content (AvgIpc) is 3.48. The van der Waals surface area contributed by atoms with Crippen LogP contribution in [0.3, 0.4) is 0 Å². The molecule has 0 spiro atoms. The van der Waals surface area contributed by atoms with Crippen LogP contribution in [0.4, 0.5) is 30.6 Å². The standard InChI is InChI=1S/C24H30F3N9O2/c1-24(2)12-14(9-15-5-4-7-35(15)24)29-21-17(27)13-28-22(31-21)30-18-11-19(36-23(37)34(3)32-33-36)20(10-16(18)26)38-8-6-25/h10-11,13-15H,4-9,12H2,1-3H3,(H2,28,29,30,31)/t14-,15+/m1/s1. The highest BCUT2D eigenvalue weighted by molar-refractivity contribution is 5.63. The second-order valence-electron chi connectivity index (χ2n) is 10.2. The molecule has 5 rings (SSSR count). The fourth-order valence-electron chi connectivity index (χ4n) is 5.50. The van der Waals surface area contributed by atoms with Gasteiger partial charge in [-0.15, -0.1) is 0 Å². The van der Waals surface area contributed by atoms with Gasteiger partial charge in [-0.25, -0.2) is 22.9 Å². The maximum Gasteiger partial charge on any atom is 0.368 e. The van der Waals surface area contributed by atoms with Gasteiger partial charge >= 0.3 is 5.69 Å². The Bertz CT molecular complexity index is 1380. The molecule has 0 bridgehead atoms. The van der Waals surface area contributed by atoms with Gasteiger partial charge in [0.15, 0.2) is 17.5 Å². The fourth-order valence-corrected chi connectivity index (χ4v) is 5.50. The molecule has 4 heterocycles. The maximum atomic E-state index is 15.0. The van der Waals surface area contributed by atoms with Crippen LogP contribution in [-0.4, -0.2) is 72.1 Å². The van der Waals surface area contributed by atoms with Crippen molar-refractivity contribution in [2.45, 2.75) is 57.2 Å². The lowest BCUT2D eigenvalue weighted by Gasteiger charge is -2.47. The molecule has 2 aliphatic heterocycles. The Morgan fingerprint density at radius 3 is 2.76 bits per heavy atom. The van der Waals surface area contributed by atoms with Crippen LogP contribution >= 0.6 is 0 Å². The van der Waals surface area contributed by atoms with Crippen LogP contribution in [-0.2, 0) is 7.05 Å². The minimum absolute atomic E-state index is 0.0143. The first-order chi connectivity index (χ1) is 18.2. The maximum absolute atomic E-state index is 15.0. The molecule has 11 nitrogen and oxygen atoms in total. The van der Waals surface area contributed by atoms with Crippen molar-refractivity contribution in [3.8, 4) is 11.4 Å². The van der Waals surface area contributed by atoms with Crippen LogP contribution in [0, 0.1) is 11.6 Å². The van der Waals surface area contributed by atoms with Crippen molar-refractivity contribution in [3.05, 3.63) is 40.4 Å². The molecule has 38 heavy (non-hydrogen) atoms. The van der Waals surface area contributed by atoms with E-state index in [9.17, 15) is 13.6 Å². The third-order valence-electron chi connectivity index (χ3n) is 7.12. The number of benzene rings is 1. The van der Waals surface area contributed by atoms with Gasteiger partial charge in [-0.1, -0.05) is 0 Å². The van der Waals surface area contributed by atoms with Crippen LogP contribution in [0.2, 0.25) is 0 Å². The van der Waals surface area contributed by atoms with Gasteiger partial charge in [0.2, 0.25) is 5.95 Å². The van der Waals surface area contributed by atoms with Gasteiger partial charge in [-0.3, -0.25) is 4.90 Å². The molecule has 2 atom stereocenters. The zero-order chi connectivity index (χ0) is 27.0. The molecule has 2 fully saturated rings. The summed E-state index contributed by atoms with van der Waals surface area (Å²) in [5.41, 5.74) is -0.728. The third-order valence-corrected chi connectivity index (χ3v) is 7.12. The number of fused-ring (bicyclic) bond motifs is 1. The summed E-state index contributed by atoms with van der Waals surface area (Å²) in [6, 6.07) is 2.69. The van der Waals surface area contributed by atoms with Crippen LogP contribution in [0.15, 0.2) is 23.1 Å². The Labute approximate surface area is 217 Å².